The SMILES string of the molecule is C[C@H]1[C@H](OCC(C)(C)C)OC[C@H](C(O)C(N)Cc2cc(F)cc(OCc3ccccc3)c2)N1C(=O)OC(C)(C)C. The molecule has 0 spiro atoms. The minimum atomic E-state index is -1.18. The summed E-state index contributed by atoms with van der Waals surface area (Å²) >= 11 is 0. The molecule has 1 saturated heterocycles. The van der Waals surface area contributed by atoms with Gasteiger partial charge in [0, 0.05) is 12.1 Å². The third kappa shape index (κ3) is 9.44. The van der Waals surface area contributed by atoms with E-state index in [1.54, 1.807) is 33.8 Å². The molecule has 1 aliphatic heterocycles. The number of rotatable bonds is 9. The molecule has 8 nitrogen and oxygen atoms in total. The molecule has 0 radical (unpaired) electrons. The summed E-state index contributed by atoms with van der Waals surface area (Å²) in [6, 6.07) is 11.8. The largest absolute Gasteiger partial charge is 0.489 e. The molecule has 3 rings (SSSR count). The van der Waals surface area contributed by atoms with E-state index in [0.29, 0.717) is 24.5 Å². The smallest absolute Gasteiger partial charge is 0.411 e. The van der Waals surface area contributed by atoms with Gasteiger partial charge in [-0.15, -0.1) is 0 Å². The normalized spacial score (nSPS) is 21.6. The minimum absolute atomic E-state index is 0.00183. The van der Waals surface area contributed by atoms with Gasteiger partial charge in [0.2, 0.25) is 0 Å². The Morgan fingerprint density at radius 1 is 1.12 bits per heavy atom. The molecule has 1 amide bonds. The van der Waals surface area contributed by atoms with Gasteiger partial charge in [-0.2, -0.15) is 0 Å². The first kappa shape index (κ1) is 31.8. The predicted molar refractivity (Wildman–Crippen MR) is 151 cm³/mol. The number of carbonyl (C=O) groups is 1. The van der Waals surface area contributed by atoms with E-state index >= 15 is 0 Å². The maximum absolute atomic E-state index is 14.4. The van der Waals surface area contributed by atoms with Gasteiger partial charge in [-0.3, -0.25) is 4.90 Å². The lowest BCUT2D eigenvalue weighted by atomic mass is 9.94. The zero-order chi connectivity index (χ0) is 29.7. The van der Waals surface area contributed by atoms with Gasteiger partial charge in [-0.25, -0.2) is 9.18 Å². The van der Waals surface area contributed by atoms with E-state index in [0.717, 1.165) is 5.56 Å². The van der Waals surface area contributed by atoms with Gasteiger partial charge in [-0.1, -0.05) is 51.1 Å². The Hall–Kier alpha value is -2.72. The number of hydrogen-bond acceptors (Lipinski definition) is 7. The van der Waals surface area contributed by atoms with Crippen molar-refractivity contribution in [3.63, 3.8) is 0 Å². The monoisotopic (exact) mass is 560 g/mol. The molecule has 0 bridgehead atoms. The van der Waals surface area contributed by atoms with Crippen LogP contribution in [0.1, 0.15) is 59.6 Å². The van der Waals surface area contributed by atoms with Gasteiger partial charge in [0.05, 0.1) is 31.4 Å². The van der Waals surface area contributed by atoms with Crippen molar-refractivity contribution in [2.75, 3.05) is 13.2 Å². The molecule has 5 atom stereocenters. The maximum atomic E-state index is 14.4. The van der Waals surface area contributed by atoms with Gasteiger partial charge in [0.25, 0.3) is 0 Å². The molecular weight excluding hydrogens is 515 g/mol. The van der Waals surface area contributed by atoms with Crippen molar-refractivity contribution in [3.05, 3.63) is 65.5 Å². The van der Waals surface area contributed by atoms with Crippen LogP contribution in [0.15, 0.2) is 48.5 Å². The Balaban J connectivity index is 1.74. The van der Waals surface area contributed by atoms with Crippen molar-refractivity contribution < 1.29 is 33.2 Å². The lowest BCUT2D eigenvalue weighted by Crippen LogP contribution is -2.65. The summed E-state index contributed by atoms with van der Waals surface area (Å²) in [5.74, 6) is -0.101. The van der Waals surface area contributed by atoms with Crippen LogP contribution in [0.4, 0.5) is 9.18 Å². The van der Waals surface area contributed by atoms with E-state index in [9.17, 15) is 14.3 Å². The number of nitrogens with two attached hydrogens (primary N) is 1. The first-order chi connectivity index (χ1) is 18.6. The Bertz CT molecular complexity index is 1100. The van der Waals surface area contributed by atoms with Crippen molar-refractivity contribution in [1.82, 2.24) is 4.90 Å². The Kier molecular flexibility index (Phi) is 10.6. The number of amides is 1. The summed E-state index contributed by atoms with van der Waals surface area (Å²) in [5, 5.41) is 11.4. The van der Waals surface area contributed by atoms with Crippen LogP contribution in [-0.2, 0) is 27.2 Å². The number of carbonyl (C=O) groups excluding carboxylic acids is 1. The maximum Gasteiger partial charge on any atom is 0.411 e. The van der Waals surface area contributed by atoms with Crippen LogP contribution in [0.5, 0.6) is 5.75 Å². The second kappa shape index (κ2) is 13.3. The van der Waals surface area contributed by atoms with E-state index in [4.69, 9.17) is 24.7 Å². The third-order valence-corrected chi connectivity index (χ3v) is 6.39. The van der Waals surface area contributed by atoms with Crippen molar-refractivity contribution in [2.24, 2.45) is 11.1 Å². The van der Waals surface area contributed by atoms with Crippen LogP contribution in [0.25, 0.3) is 0 Å². The summed E-state index contributed by atoms with van der Waals surface area (Å²) < 4.78 is 37.9. The van der Waals surface area contributed by atoms with E-state index < -0.39 is 48.0 Å². The van der Waals surface area contributed by atoms with E-state index in [1.165, 1.54) is 17.0 Å². The lowest BCUT2D eigenvalue weighted by Gasteiger charge is -2.47. The number of ether oxygens (including phenoxy) is 4. The van der Waals surface area contributed by atoms with E-state index in [-0.39, 0.29) is 18.4 Å². The zero-order valence-electron chi connectivity index (χ0n) is 24.7. The standard InChI is InChI=1S/C31H45FN2O6/c1-20-28(39-19-30(2,3)4)38-18-26(34(20)29(36)40-31(5,6)7)27(35)25(33)15-22-13-23(32)16-24(14-22)37-17-21-11-9-8-10-12-21/h8-14,16,20,25-28,35H,15,17-19,33H2,1-7H3/t20-,25?,26+,27?,28-/m0/s1. The molecule has 2 aromatic carbocycles. The fraction of sp³-hybridized carbons (Fsp3) is 0.581. The van der Waals surface area contributed by atoms with Gasteiger partial charge in [0.1, 0.15) is 23.8 Å². The Morgan fingerprint density at radius 2 is 1.80 bits per heavy atom. The second-order valence-electron chi connectivity index (χ2n) is 12.7. The molecule has 0 saturated carbocycles. The fourth-order valence-electron chi connectivity index (χ4n) is 4.49. The van der Waals surface area contributed by atoms with E-state index in [2.05, 4.69) is 0 Å². The highest BCUT2D eigenvalue weighted by atomic mass is 19.1. The molecule has 40 heavy (non-hydrogen) atoms. The Labute approximate surface area is 237 Å². The van der Waals surface area contributed by atoms with Crippen LogP contribution in [0.3, 0.4) is 0 Å². The molecule has 9 heteroatoms. The van der Waals surface area contributed by atoms with Crippen LogP contribution >= 0.6 is 0 Å². The first-order valence-electron chi connectivity index (χ1n) is 13.8. The highest BCUT2D eigenvalue weighted by molar-refractivity contribution is 5.69. The quantitative estimate of drug-likeness (QED) is 0.442. The number of nitrogens with zero attached hydrogens (tertiary/aromatic N) is 1. The number of morpholine rings is 1. The number of aliphatic hydroxyl groups is 1. The summed E-state index contributed by atoms with van der Waals surface area (Å²) in [4.78, 5) is 14.8. The first-order valence-corrected chi connectivity index (χ1v) is 13.8. The molecule has 222 valence electrons. The second-order valence-corrected chi connectivity index (χ2v) is 12.7. The van der Waals surface area contributed by atoms with Crippen LogP contribution in [-0.4, -0.2) is 65.4 Å². The van der Waals surface area contributed by atoms with Crippen LogP contribution < -0.4 is 10.5 Å². The average Bonchev–Trinajstić information content (AvgIpc) is 2.84. The van der Waals surface area contributed by atoms with Crippen molar-refractivity contribution >= 4 is 6.09 Å². The van der Waals surface area contributed by atoms with Crippen LogP contribution in [0, 0.1) is 11.2 Å². The number of benzene rings is 2. The summed E-state index contributed by atoms with van der Waals surface area (Å²) in [6.45, 7) is 14.0. The molecule has 1 fully saturated rings. The molecule has 2 aromatic rings. The molecule has 3 N–H and O–H groups in total. The molecule has 1 aliphatic rings. The topological polar surface area (TPSA) is 103 Å². The van der Waals surface area contributed by atoms with Gasteiger partial charge >= 0.3 is 6.09 Å². The Morgan fingerprint density at radius 3 is 2.42 bits per heavy atom. The summed E-state index contributed by atoms with van der Waals surface area (Å²) in [7, 11) is 0. The van der Waals surface area contributed by atoms with Gasteiger partial charge in [0.15, 0.2) is 6.29 Å². The molecule has 0 aliphatic carbocycles. The number of aliphatic hydroxyl groups excluding tert-OH is 1. The predicted octanol–water partition coefficient (Wildman–Crippen LogP) is 5.05. The van der Waals surface area contributed by atoms with Crippen molar-refractivity contribution in [1.29, 1.82) is 0 Å². The van der Waals surface area contributed by atoms with E-state index in [1.807, 2.05) is 51.1 Å². The van der Waals surface area contributed by atoms with Crippen molar-refractivity contribution in [2.45, 2.75) is 97.6 Å². The minimum Gasteiger partial charge on any atom is -0.489 e. The molecule has 0 aromatic heterocycles. The highest BCUT2D eigenvalue weighted by Crippen LogP contribution is 2.28. The zero-order valence-corrected chi connectivity index (χ0v) is 24.7. The highest BCUT2D eigenvalue weighted by Gasteiger charge is 2.45. The number of hydrogen-bond donors (Lipinski definition) is 2. The molecule has 2 unspecified atom stereocenters. The van der Waals surface area contributed by atoms with Crippen molar-refractivity contribution in [3.8, 4) is 5.75 Å². The summed E-state index contributed by atoms with van der Waals surface area (Å²) in [6.07, 6.45) is -2.32. The lowest BCUT2D eigenvalue weighted by molar-refractivity contribution is -0.233. The molecule has 1 heterocycles. The number of halogens is 1. The fourth-order valence-corrected chi connectivity index (χ4v) is 4.49. The van der Waals surface area contributed by atoms with Gasteiger partial charge in [-0.05, 0) is 62.8 Å². The average molecular weight is 561 g/mol. The van der Waals surface area contributed by atoms with Crippen LogP contribution in [0.2, 0.25) is 0 Å². The van der Waals surface area contributed by atoms with Gasteiger partial charge < -0.3 is 29.8 Å². The molecular formula is C31H45FN2O6. The summed E-state index contributed by atoms with van der Waals surface area (Å²) in [5.41, 5.74) is 7.13. The third-order valence-electron chi connectivity index (χ3n) is 6.39.